The van der Waals surface area contributed by atoms with Gasteiger partial charge in [0.1, 0.15) is 0 Å². The summed E-state index contributed by atoms with van der Waals surface area (Å²) in [5.74, 6) is 0. The number of benzene rings is 1. The van der Waals surface area contributed by atoms with E-state index < -0.39 is 0 Å². The van der Waals surface area contributed by atoms with Gasteiger partial charge in [-0.1, -0.05) is 24.3 Å². The van der Waals surface area contributed by atoms with Crippen LogP contribution in [-0.2, 0) is 0 Å². The van der Waals surface area contributed by atoms with Gasteiger partial charge in [0.05, 0.1) is 6.20 Å². The predicted octanol–water partition coefficient (Wildman–Crippen LogP) is -1.69. The molecule has 3 aromatic rings. The Morgan fingerprint density at radius 3 is 2.79 bits per heavy atom. The lowest BCUT2D eigenvalue weighted by atomic mass is 10.2. The molecule has 0 radical (unpaired) electrons. The number of halogens is 1. The fraction of sp³-hybridized carbons (Fsp3) is 0. The van der Waals surface area contributed by atoms with Gasteiger partial charge in [-0.2, -0.15) is 0 Å². The maximum Gasteiger partial charge on any atom is 0.269 e. The van der Waals surface area contributed by atoms with Gasteiger partial charge in [0, 0.05) is 16.6 Å². The van der Waals surface area contributed by atoms with Crippen molar-refractivity contribution in [3.05, 3.63) is 42.9 Å². The first-order valence-corrected chi connectivity index (χ1v) is 4.17. The smallest absolute Gasteiger partial charge is 0.269 e. The number of hydrogen-bond donors (Lipinski definition) is 1. The molecule has 0 aliphatic carbocycles. The molecular formula is C10H8BrN3. The maximum absolute atomic E-state index is 3.96. The Bertz CT molecular complexity index is 524. The third-order valence-electron chi connectivity index (χ3n) is 2.21. The molecule has 4 heteroatoms. The van der Waals surface area contributed by atoms with E-state index in [1.54, 1.807) is 6.33 Å². The molecule has 0 spiro atoms. The summed E-state index contributed by atoms with van der Waals surface area (Å²) in [5.41, 5.74) is 1.01. The number of aromatic nitrogens is 3. The summed E-state index contributed by atoms with van der Waals surface area (Å²) in [6.45, 7) is 0. The minimum absolute atomic E-state index is 0. The van der Waals surface area contributed by atoms with Crippen molar-refractivity contribution in [3.8, 4) is 0 Å². The quantitative estimate of drug-likeness (QED) is 0.474. The summed E-state index contributed by atoms with van der Waals surface area (Å²) in [6.07, 6.45) is 3.83. The van der Waals surface area contributed by atoms with Gasteiger partial charge >= 0.3 is 0 Å². The molecule has 3 nitrogen and oxygen atoms in total. The van der Waals surface area contributed by atoms with Crippen LogP contribution in [0.4, 0.5) is 0 Å². The summed E-state index contributed by atoms with van der Waals surface area (Å²) in [4.78, 5) is 0. The molecule has 70 valence electrons. The van der Waals surface area contributed by atoms with Gasteiger partial charge in [0.2, 0.25) is 0 Å². The van der Waals surface area contributed by atoms with Gasteiger partial charge < -0.3 is 17.0 Å². The Labute approximate surface area is 91.2 Å². The monoisotopic (exact) mass is 249 g/mol. The Morgan fingerprint density at radius 2 is 1.93 bits per heavy atom. The number of hydrogen-bond acceptors (Lipinski definition) is 1. The molecule has 2 heterocycles. The van der Waals surface area contributed by atoms with Crippen LogP contribution in [0.5, 0.6) is 0 Å². The molecule has 0 aliphatic heterocycles. The number of fused-ring (bicyclic) bond motifs is 2. The topological polar surface area (TPSA) is 32.8 Å². The average Bonchev–Trinajstić information content (AvgIpc) is 2.61. The summed E-state index contributed by atoms with van der Waals surface area (Å²) < 4.78 is 1.97. The summed E-state index contributed by atoms with van der Waals surface area (Å²) in [6, 6.07) is 10.3. The van der Waals surface area contributed by atoms with Gasteiger partial charge in [0.15, 0.2) is 0 Å². The molecule has 0 saturated heterocycles. The number of aromatic amines is 1. The molecule has 0 unspecified atom stereocenters. The fourth-order valence-corrected chi connectivity index (χ4v) is 1.54. The van der Waals surface area contributed by atoms with Crippen LogP contribution in [-0.4, -0.2) is 10.2 Å². The number of rotatable bonds is 0. The highest BCUT2D eigenvalue weighted by Crippen LogP contribution is 2.11. The third-order valence-corrected chi connectivity index (χ3v) is 2.21. The summed E-state index contributed by atoms with van der Waals surface area (Å²) in [5, 5.41) is 9.34. The lowest BCUT2D eigenvalue weighted by Gasteiger charge is -1.93. The minimum Gasteiger partial charge on any atom is -1.00 e. The Balaban J connectivity index is 0.000000750. The molecule has 14 heavy (non-hydrogen) atoms. The van der Waals surface area contributed by atoms with Crippen LogP contribution < -0.4 is 21.4 Å². The van der Waals surface area contributed by atoms with Crippen LogP contribution in [0.2, 0.25) is 0 Å². The van der Waals surface area contributed by atoms with Crippen molar-refractivity contribution in [1.82, 2.24) is 10.2 Å². The van der Waals surface area contributed by atoms with Crippen molar-refractivity contribution < 1.29 is 21.4 Å². The van der Waals surface area contributed by atoms with E-state index in [0.717, 1.165) is 5.65 Å². The summed E-state index contributed by atoms with van der Waals surface area (Å²) in [7, 11) is 0. The molecule has 0 amide bonds. The predicted molar refractivity (Wildman–Crippen MR) is 49.3 cm³/mol. The van der Waals surface area contributed by atoms with E-state index in [9.17, 15) is 0 Å². The molecule has 0 bridgehead atoms. The Kier molecular flexibility index (Phi) is 2.21. The Hall–Kier alpha value is -1.42. The molecule has 0 saturated carbocycles. The van der Waals surface area contributed by atoms with Gasteiger partial charge in [-0.3, -0.25) is 0 Å². The van der Waals surface area contributed by atoms with Crippen molar-refractivity contribution in [2.24, 2.45) is 0 Å². The van der Waals surface area contributed by atoms with Crippen LogP contribution in [0.15, 0.2) is 42.9 Å². The molecule has 1 aromatic carbocycles. The van der Waals surface area contributed by atoms with Gasteiger partial charge in [-0.25, -0.2) is 4.40 Å². The molecule has 3 rings (SSSR count). The zero-order chi connectivity index (χ0) is 8.67. The number of pyridine rings is 1. The molecule has 0 fully saturated rings. The number of H-pyrrole nitrogens is 1. The van der Waals surface area contributed by atoms with Crippen LogP contribution in [0, 0.1) is 0 Å². The van der Waals surface area contributed by atoms with Crippen molar-refractivity contribution in [2.75, 3.05) is 0 Å². The van der Waals surface area contributed by atoms with E-state index in [4.69, 9.17) is 0 Å². The van der Waals surface area contributed by atoms with Crippen molar-refractivity contribution >= 4 is 16.4 Å². The van der Waals surface area contributed by atoms with Gasteiger partial charge in [-0.15, -0.1) is 5.10 Å². The van der Waals surface area contributed by atoms with Crippen LogP contribution in [0.3, 0.4) is 0 Å². The maximum atomic E-state index is 3.96. The molecule has 2 aromatic heterocycles. The van der Waals surface area contributed by atoms with Crippen LogP contribution >= 0.6 is 0 Å². The van der Waals surface area contributed by atoms with E-state index >= 15 is 0 Å². The first-order valence-electron chi connectivity index (χ1n) is 4.17. The second kappa shape index (κ2) is 3.38. The lowest BCUT2D eigenvalue weighted by molar-refractivity contribution is -0.510. The van der Waals surface area contributed by atoms with Crippen molar-refractivity contribution in [2.45, 2.75) is 0 Å². The standard InChI is InChI=1S/C10H7N3.BrH/c1-2-4-9-6-13-7-11-12-10(13)5-8(9)3-1;/h1-7H;1H. The fourth-order valence-electron chi connectivity index (χ4n) is 1.54. The summed E-state index contributed by atoms with van der Waals surface area (Å²) >= 11 is 0. The SMILES string of the molecule is [Br-].c1ccc2c[n+]3cn[nH]c3cc2c1. The zero-order valence-electron chi connectivity index (χ0n) is 7.31. The van der Waals surface area contributed by atoms with E-state index in [1.165, 1.54) is 10.8 Å². The van der Waals surface area contributed by atoms with E-state index in [1.807, 2.05) is 16.5 Å². The largest absolute Gasteiger partial charge is 1.00 e. The van der Waals surface area contributed by atoms with Crippen LogP contribution in [0.25, 0.3) is 16.4 Å². The van der Waals surface area contributed by atoms with E-state index in [2.05, 4.69) is 34.6 Å². The van der Waals surface area contributed by atoms with E-state index in [-0.39, 0.29) is 17.0 Å². The van der Waals surface area contributed by atoms with Crippen molar-refractivity contribution in [1.29, 1.82) is 0 Å². The van der Waals surface area contributed by atoms with Gasteiger partial charge in [-0.05, 0) is 5.39 Å². The number of nitrogens with one attached hydrogen (secondary N) is 1. The first kappa shape index (κ1) is 9.15. The third kappa shape index (κ3) is 1.28. The normalized spacial score (nSPS) is 10.3. The Morgan fingerprint density at radius 1 is 1.14 bits per heavy atom. The molecule has 0 atom stereocenters. The molecular weight excluding hydrogens is 242 g/mol. The highest BCUT2D eigenvalue weighted by atomic mass is 79.9. The van der Waals surface area contributed by atoms with Gasteiger partial charge in [0.25, 0.3) is 12.0 Å². The highest BCUT2D eigenvalue weighted by molar-refractivity contribution is 5.82. The first-order chi connectivity index (χ1) is 6.43. The average molecular weight is 250 g/mol. The highest BCUT2D eigenvalue weighted by Gasteiger charge is 2.02. The number of nitrogens with zero attached hydrogens (tertiary/aromatic N) is 2. The molecule has 0 aliphatic rings. The van der Waals surface area contributed by atoms with Crippen LogP contribution in [0.1, 0.15) is 0 Å². The lowest BCUT2D eigenvalue weighted by Crippen LogP contribution is -3.00. The molecule has 1 N–H and O–H groups in total. The minimum atomic E-state index is 0. The van der Waals surface area contributed by atoms with E-state index in [0.29, 0.717) is 0 Å². The second-order valence-corrected chi connectivity index (χ2v) is 3.05. The van der Waals surface area contributed by atoms with Crippen molar-refractivity contribution in [3.63, 3.8) is 0 Å². The zero-order valence-corrected chi connectivity index (χ0v) is 8.90. The second-order valence-electron chi connectivity index (χ2n) is 3.05.